The van der Waals surface area contributed by atoms with Gasteiger partial charge in [-0.15, -0.1) is 11.8 Å². The van der Waals surface area contributed by atoms with E-state index in [1.54, 1.807) is 23.9 Å². The molecule has 3 N–H and O–H groups in total. The topological polar surface area (TPSA) is 72.5 Å². The normalized spacial score (nSPS) is 10.2. The van der Waals surface area contributed by atoms with E-state index in [9.17, 15) is 4.79 Å². The number of rotatable bonds is 6. The van der Waals surface area contributed by atoms with Crippen molar-refractivity contribution in [3.8, 4) is 5.75 Å². The fraction of sp³-hybridized carbons (Fsp3) is 0.133. The van der Waals surface area contributed by atoms with Crippen molar-refractivity contribution in [2.75, 3.05) is 18.1 Å². The molecule has 104 valence electrons. The van der Waals surface area contributed by atoms with Crippen LogP contribution < -0.4 is 10.5 Å². The predicted molar refractivity (Wildman–Crippen MR) is 80.5 cm³/mol. The molecular formula is C15H15NO3S. The number of aromatic carboxylic acids is 1. The zero-order chi connectivity index (χ0) is 14.4. The molecule has 2 rings (SSSR count). The molecule has 0 radical (unpaired) electrons. The molecule has 0 aromatic heterocycles. The number of benzene rings is 2. The largest absolute Gasteiger partial charge is 0.493 e. The van der Waals surface area contributed by atoms with Crippen molar-refractivity contribution < 1.29 is 14.6 Å². The van der Waals surface area contributed by atoms with E-state index < -0.39 is 5.97 Å². The molecule has 0 saturated heterocycles. The molecule has 0 aliphatic rings. The Hall–Kier alpha value is -2.14. The van der Waals surface area contributed by atoms with Gasteiger partial charge in [0.05, 0.1) is 12.2 Å². The fourth-order valence-corrected chi connectivity index (χ4v) is 2.33. The first-order valence-corrected chi connectivity index (χ1v) is 7.08. The summed E-state index contributed by atoms with van der Waals surface area (Å²) in [5.41, 5.74) is 6.59. The Bertz CT molecular complexity index is 584. The number of anilines is 1. The van der Waals surface area contributed by atoms with E-state index in [4.69, 9.17) is 15.6 Å². The number of ether oxygens (including phenoxy) is 1. The molecule has 2 aromatic rings. The Morgan fingerprint density at radius 3 is 2.65 bits per heavy atom. The molecule has 0 saturated carbocycles. The Morgan fingerprint density at radius 1 is 1.20 bits per heavy atom. The quantitative estimate of drug-likeness (QED) is 0.485. The van der Waals surface area contributed by atoms with Gasteiger partial charge in [-0.25, -0.2) is 4.79 Å². The first kappa shape index (κ1) is 14.3. The van der Waals surface area contributed by atoms with Crippen LogP contribution >= 0.6 is 11.8 Å². The first-order chi connectivity index (χ1) is 9.65. The summed E-state index contributed by atoms with van der Waals surface area (Å²) in [7, 11) is 0. The van der Waals surface area contributed by atoms with Crippen LogP contribution in [0.5, 0.6) is 5.75 Å². The van der Waals surface area contributed by atoms with Crippen molar-refractivity contribution in [1.29, 1.82) is 0 Å². The predicted octanol–water partition coefficient (Wildman–Crippen LogP) is 3.14. The van der Waals surface area contributed by atoms with Crippen LogP contribution in [-0.2, 0) is 0 Å². The highest BCUT2D eigenvalue weighted by atomic mass is 32.2. The maximum absolute atomic E-state index is 10.8. The van der Waals surface area contributed by atoms with Crippen molar-refractivity contribution in [3.05, 3.63) is 54.1 Å². The van der Waals surface area contributed by atoms with Crippen LogP contribution in [0.4, 0.5) is 5.69 Å². The van der Waals surface area contributed by atoms with Gasteiger partial charge in [-0.2, -0.15) is 0 Å². The van der Waals surface area contributed by atoms with Gasteiger partial charge < -0.3 is 15.6 Å². The molecule has 0 fully saturated rings. The third-order valence-electron chi connectivity index (χ3n) is 2.58. The Kier molecular flexibility index (Phi) is 4.90. The zero-order valence-electron chi connectivity index (χ0n) is 10.8. The average Bonchev–Trinajstić information content (AvgIpc) is 2.46. The van der Waals surface area contributed by atoms with E-state index >= 15 is 0 Å². The summed E-state index contributed by atoms with van der Waals surface area (Å²) in [6.45, 7) is 0.512. The number of thioether (sulfide) groups is 1. The second kappa shape index (κ2) is 6.86. The van der Waals surface area contributed by atoms with Gasteiger partial charge in [-0.1, -0.05) is 6.07 Å². The SMILES string of the molecule is Nc1ccc(SCCOc2cccc(C(=O)O)c2)cc1. The molecular weight excluding hydrogens is 274 g/mol. The van der Waals surface area contributed by atoms with Crippen molar-refractivity contribution >= 4 is 23.4 Å². The number of carbonyl (C=O) groups is 1. The second-order valence-corrected chi connectivity index (χ2v) is 5.27. The van der Waals surface area contributed by atoms with Gasteiger partial charge in [0.15, 0.2) is 0 Å². The lowest BCUT2D eigenvalue weighted by Gasteiger charge is -2.07. The van der Waals surface area contributed by atoms with Crippen LogP contribution in [-0.4, -0.2) is 23.4 Å². The van der Waals surface area contributed by atoms with E-state index in [1.807, 2.05) is 24.3 Å². The molecule has 0 heterocycles. The van der Waals surface area contributed by atoms with Crippen LogP contribution in [0.25, 0.3) is 0 Å². The highest BCUT2D eigenvalue weighted by Gasteiger charge is 2.03. The van der Waals surface area contributed by atoms with E-state index in [0.717, 1.165) is 16.3 Å². The summed E-state index contributed by atoms with van der Waals surface area (Å²) < 4.78 is 5.53. The zero-order valence-corrected chi connectivity index (χ0v) is 11.6. The number of carboxylic acid groups (broad SMARTS) is 1. The summed E-state index contributed by atoms with van der Waals surface area (Å²) in [4.78, 5) is 12.0. The molecule has 0 atom stereocenters. The van der Waals surface area contributed by atoms with Crippen molar-refractivity contribution in [1.82, 2.24) is 0 Å². The molecule has 4 nitrogen and oxygen atoms in total. The summed E-state index contributed by atoms with van der Waals surface area (Å²) in [5.74, 6) is 0.399. The highest BCUT2D eigenvalue weighted by molar-refractivity contribution is 7.99. The second-order valence-electron chi connectivity index (χ2n) is 4.10. The summed E-state index contributed by atoms with van der Waals surface area (Å²) in [6.07, 6.45) is 0. The van der Waals surface area contributed by atoms with Crippen LogP contribution in [0.3, 0.4) is 0 Å². The van der Waals surface area contributed by atoms with Crippen molar-refractivity contribution in [2.45, 2.75) is 4.90 Å². The van der Waals surface area contributed by atoms with Gasteiger partial charge in [0, 0.05) is 16.3 Å². The maximum Gasteiger partial charge on any atom is 0.335 e. The fourth-order valence-electron chi connectivity index (χ4n) is 1.60. The Morgan fingerprint density at radius 2 is 1.95 bits per heavy atom. The molecule has 20 heavy (non-hydrogen) atoms. The summed E-state index contributed by atoms with van der Waals surface area (Å²) in [6, 6.07) is 14.1. The lowest BCUT2D eigenvalue weighted by molar-refractivity contribution is 0.0696. The van der Waals surface area contributed by atoms with Gasteiger partial charge in [-0.05, 0) is 42.5 Å². The molecule has 0 aliphatic carbocycles. The third kappa shape index (κ3) is 4.20. The number of nitrogen functional groups attached to an aromatic ring is 1. The van der Waals surface area contributed by atoms with Crippen molar-refractivity contribution in [2.24, 2.45) is 0 Å². The van der Waals surface area contributed by atoms with E-state index in [2.05, 4.69) is 0 Å². The molecule has 2 aromatic carbocycles. The highest BCUT2D eigenvalue weighted by Crippen LogP contribution is 2.19. The smallest absolute Gasteiger partial charge is 0.335 e. The van der Waals surface area contributed by atoms with Gasteiger partial charge in [-0.3, -0.25) is 0 Å². The van der Waals surface area contributed by atoms with E-state index in [1.165, 1.54) is 12.1 Å². The molecule has 0 amide bonds. The third-order valence-corrected chi connectivity index (χ3v) is 3.56. The number of nitrogens with two attached hydrogens (primary N) is 1. The summed E-state index contributed by atoms with van der Waals surface area (Å²) in [5, 5.41) is 8.88. The van der Waals surface area contributed by atoms with Gasteiger partial charge in [0.1, 0.15) is 5.75 Å². The number of hydrogen-bond donors (Lipinski definition) is 2. The van der Waals surface area contributed by atoms with Crippen LogP contribution in [0.1, 0.15) is 10.4 Å². The van der Waals surface area contributed by atoms with Gasteiger partial charge in [0.2, 0.25) is 0 Å². The molecule has 0 unspecified atom stereocenters. The van der Waals surface area contributed by atoms with Crippen LogP contribution in [0, 0.1) is 0 Å². The molecule has 0 aliphatic heterocycles. The van der Waals surface area contributed by atoms with Gasteiger partial charge in [0.25, 0.3) is 0 Å². The van der Waals surface area contributed by atoms with Crippen molar-refractivity contribution in [3.63, 3.8) is 0 Å². The van der Waals surface area contributed by atoms with Crippen LogP contribution in [0.2, 0.25) is 0 Å². The minimum absolute atomic E-state index is 0.230. The molecule has 0 spiro atoms. The Balaban J connectivity index is 1.79. The Labute approximate surface area is 121 Å². The summed E-state index contributed by atoms with van der Waals surface area (Å²) >= 11 is 1.66. The van der Waals surface area contributed by atoms with E-state index in [-0.39, 0.29) is 5.56 Å². The average molecular weight is 289 g/mol. The number of carboxylic acids is 1. The molecule has 0 bridgehead atoms. The molecule has 5 heteroatoms. The minimum Gasteiger partial charge on any atom is -0.493 e. The maximum atomic E-state index is 10.8. The monoisotopic (exact) mass is 289 g/mol. The van der Waals surface area contributed by atoms with Crippen LogP contribution in [0.15, 0.2) is 53.4 Å². The standard InChI is InChI=1S/C15H15NO3S/c16-12-4-6-14(7-5-12)20-9-8-19-13-3-1-2-11(10-13)15(17)18/h1-7,10H,8-9,16H2,(H,17,18). The van der Waals surface area contributed by atoms with Gasteiger partial charge >= 0.3 is 5.97 Å². The minimum atomic E-state index is -0.952. The first-order valence-electron chi connectivity index (χ1n) is 6.09. The lowest BCUT2D eigenvalue weighted by Crippen LogP contribution is -2.02. The number of hydrogen-bond acceptors (Lipinski definition) is 4. The lowest BCUT2D eigenvalue weighted by atomic mass is 10.2. The van der Waals surface area contributed by atoms with E-state index in [0.29, 0.717) is 12.4 Å².